The summed E-state index contributed by atoms with van der Waals surface area (Å²) in [6.07, 6.45) is 1.08. The number of nitro benzene ring substituents is 1. The zero-order valence-electron chi connectivity index (χ0n) is 24.4. The van der Waals surface area contributed by atoms with Crippen molar-refractivity contribution < 1.29 is 32.9 Å². The Morgan fingerprint density at radius 1 is 0.957 bits per heavy atom. The van der Waals surface area contributed by atoms with E-state index in [0.29, 0.717) is 34.7 Å². The van der Waals surface area contributed by atoms with Crippen LogP contribution in [0.5, 0.6) is 0 Å². The van der Waals surface area contributed by atoms with Crippen molar-refractivity contribution in [3.63, 3.8) is 0 Å². The van der Waals surface area contributed by atoms with Crippen LogP contribution in [0.1, 0.15) is 22.3 Å². The molecule has 1 aliphatic rings. The maximum atomic E-state index is 13.3. The van der Waals surface area contributed by atoms with Gasteiger partial charge in [0.05, 0.1) is 11.2 Å². The first-order valence-electron chi connectivity index (χ1n) is 14.3. The number of thiol groups is 1. The number of amides is 3. The molecule has 238 valence electrons. The summed E-state index contributed by atoms with van der Waals surface area (Å²) in [6.45, 7) is 0.0649. The number of aromatic nitrogens is 2. The molecule has 0 saturated carbocycles. The molecule has 1 fully saturated rings. The van der Waals surface area contributed by atoms with Gasteiger partial charge in [-0.1, -0.05) is 12.1 Å². The van der Waals surface area contributed by atoms with Crippen LogP contribution < -0.4 is 10.6 Å². The summed E-state index contributed by atoms with van der Waals surface area (Å²) in [5.74, 6) is 0.0196. The lowest BCUT2D eigenvalue weighted by molar-refractivity contribution is -0.384. The molecule has 2 atom stereocenters. The summed E-state index contributed by atoms with van der Waals surface area (Å²) in [4.78, 5) is 51.0. The van der Waals surface area contributed by atoms with Crippen LogP contribution in [0.3, 0.4) is 0 Å². The first-order valence-corrected chi connectivity index (χ1v) is 14.8. The summed E-state index contributed by atoms with van der Waals surface area (Å²) in [6, 6.07) is 21.4. The Balaban J connectivity index is 1.07. The predicted molar refractivity (Wildman–Crippen MR) is 172 cm³/mol. The standard InChI is InChI=1S/C32H26N6O8S/c39-28(33-23-7-2-5-21(15-23)30-35-36-31(46-30)27-8-3-13-44-27)20-4-1-6-22(14-20)34-29(40)26-16-25(47)17-37(26)32(41)45-18-19-9-11-24(12-10-19)38(42)43/h1-15,25-26,47H,16-18H2,(H,33,39)(H,34,40). The zero-order valence-corrected chi connectivity index (χ0v) is 25.3. The van der Waals surface area contributed by atoms with E-state index in [-0.39, 0.29) is 41.4 Å². The highest BCUT2D eigenvalue weighted by atomic mass is 32.1. The molecule has 3 amide bonds. The van der Waals surface area contributed by atoms with Gasteiger partial charge in [-0.15, -0.1) is 10.2 Å². The highest BCUT2D eigenvalue weighted by Gasteiger charge is 2.39. The minimum atomic E-state index is -0.861. The summed E-state index contributed by atoms with van der Waals surface area (Å²) in [5, 5.41) is 24.3. The number of anilines is 2. The average molecular weight is 655 g/mol. The predicted octanol–water partition coefficient (Wildman–Crippen LogP) is 5.81. The molecule has 2 unspecified atom stereocenters. The lowest BCUT2D eigenvalue weighted by Gasteiger charge is -2.23. The molecule has 2 aromatic heterocycles. The third kappa shape index (κ3) is 7.31. The van der Waals surface area contributed by atoms with Crippen LogP contribution in [0.4, 0.5) is 21.9 Å². The van der Waals surface area contributed by atoms with Crippen LogP contribution in [0.25, 0.3) is 23.1 Å². The number of hydrogen-bond donors (Lipinski definition) is 3. The van der Waals surface area contributed by atoms with Crippen LogP contribution in [0, 0.1) is 10.1 Å². The van der Waals surface area contributed by atoms with Gasteiger partial charge in [0, 0.05) is 46.4 Å². The number of hydrogen-bond acceptors (Lipinski definition) is 11. The van der Waals surface area contributed by atoms with Gasteiger partial charge in [0.1, 0.15) is 12.6 Å². The van der Waals surface area contributed by atoms with E-state index in [4.69, 9.17) is 13.6 Å². The molecule has 2 N–H and O–H groups in total. The smallest absolute Gasteiger partial charge is 0.410 e. The lowest BCUT2D eigenvalue weighted by atomic mass is 10.1. The highest BCUT2D eigenvalue weighted by molar-refractivity contribution is 7.81. The van der Waals surface area contributed by atoms with Crippen LogP contribution >= 0.6 is 12.6 Å². The van der Waals surface area contributed by atoms with Crippen molar-refractivity contribution in [2.45, 2.75) is 24.3 Å². The Morgan fingerprint density at radius 3 is 2.45 bits per heavy atom. The van der Waals surface area contributed by atoms with Gasteiger partial charge in [0.25, 0.3) is 17.5 Å². The second-order valence-corrected chi connectivity index (χ2v) is 11.3. The molecule has 14 nitrogen and oxygen atoms in total. The largest absolute Gasteiger partial charge is 0.459 e. The number of non-ortho nitro benzene ring substituents is 1. The number of furan rings is 1. The Labute approximate surface area is 272 Å². The van der Waals surface area contributed by atoms with E-state index in [9.17, 15) is 24.5 Å². The fraction of sp³-hybridized carbons (Fsp3) is 0.156. The summed E-state index contributed by atoms with van der Waals surface area (Å²) >= 11 is 4.47. The number of nitro groups is 1. The van der Waals surface area contributed by atoms with Crippen molar-refractivity contribution in [1.82, 2.24) is 15.1 Å². The van der Waals surface area contributed by atoms with Gasteiger partial charge in [0.2, 0.25) is 11.8 Å². The molecular formula is C32H26N6O8S. The lowest BCUT2D eigenvalue weighted by Crippen LogP contribution is -2.43. The van der Waals surface area contributed by atoms with Crippen molar-refractivity contribution >= 4 is 47.6 Å². The third-order valence-electron chi connectivity index (χ3n) is 7.24. The SMILES string of the molecule is O=C(Nc1cccc(-c2nnc(-c3ccco3)o2)c1)c1cccc(NC(=O)C2CC(S)CN2C(=O)OCc2ccc([N+](=O)[O-])cc2)c1. The number of rotatable bonds is 9. The molecule has 0 spiro atoms. The molecular weight excluding hydrogens is 628 g/mol. The van der Waals surface area contributed by atoms with Crippen LogP contribution in [0.2, 0.25) is 0 Å². The molecule has 5 aromatic rings. The molecule has 3 heterocycles. The fourth-order valence-corrected chi connectivity index (χ4v) is 5.32. The van der Waals surface area contributed by atoms with Gasteiger partial charge in [-0.3, -0.25) is 24.6 Å². The number of carbonyl (C=O) groups excluding carboxylic acids is 3. The van der Waals surface area contributed by atoms with E-state index in [2.05, 4.69) is 33.5 Å². The van der Waals surface area contributed by atoms with Gasteiger partial charge in [-0.05, 0) is 72.6 Å². The molecule has 15 heteroatoms. The minimum absolute atomic E-state index is 0.0778. The Hall–Kier alpha value is -5.96. The Morgan fingerprint density at radius 2 is 1.70 bits per heavy atom. The number of likely N-dealkylation sites (tertiary alicyclic amines) is 1. The Bertz CT molecular complexity index is 1930. The monoisotopic (exact) mass is 654 g/mol. The quantitative estimate of drug-likeness (QED) is 0.0997. The maximum Gasteiger partial charge on any atom is 0.410 e. The summed E-state index contributed by atoms with van der Waals surface area (Å²) in [7, 11) is 0. The highest BCUT2D eigenvalue weighted by Crippen LogP contribution is 2.27. The van der Waals surface area contributed by atoms with Crippen molar-refractivity contribution in [1.29, 1.82) is 0 Å². The van der Waals surface area contributed by atoms with Crippen molar-refractivity contribution in [3.05, 3.63) is 112 Å². The van der Waals surface area contributed by atoms with Gasteiger partial charge in [-0.2, -0.15) is 12.6 Å². The number of carbonyl (C=O) groups is 3. The van der Waals surface area contributed by atoms with Crippen LogP contribution in [0.15, 0.2) is 100 Å². The first kappa shape index (κ1) is 31.0. The van der Waals surface area contributed by atoms with Crippen molar-refractivity contribution in [2.24, 2.45) is 0 Å². The topological polar surface area (TPSA) is 183 Å². The molecule has 0 aliphatic carbocycles. The number of ether oxygens (including phenoxy) is 1. The Kier molecular flexibility index (Phi) is 8.97. The number of nitrogens with one attached hydrogen (secondary N) is 2. The summed E-state index contributed by atoms with van der Waals surface area (Å²) in [5.41, 5.74) is 2.18. The molecule has 1 aliphatic heterocycles. The van der Waals surface area contributed by atoms with Crippen molar-refractivity contribution in [2.75, 3.05) is 17.2 Å². The maximum absolute atomic E-state index is 13.3. The van der Waals surface area contributed by atoms with E-state index < -0.39 is 28.9 Å². The minimum Gasteiger partial charge on any atom is -0.459 e. The van der Waals surface area contributed by atoms with Crippen molar-refractivity contribution in [3.8, 4) is 23.1 Å². The number of nitrogens with zero attached hydrogens (tertiary/aromatic N) is 4. The van der Waals surface area contributed by atoms with Crippen LogP contribution in [-0.4, -0.2) is 55.8 Å². The van der Waals surface area contributed by atoms with Gasteiger partial charge < -0.3 is 24.2 Å². The molecule has 6 rings (SSSR count). The van der Waals surface area contributed by atoms with E-state index in [0.717, 1.165) is 0 Å². The third-order valence-corrected chi connectivity index (χ3v) is 7.62. The molecule has 3 aromatic carbocycles. The second-order valence-electron chi connectivity index (χ2n) is 10.5. The second kappa shape index (κ2) is 13.6. The first-order chi connectivity index (χ1) is 22.7. The molecule has 47 heavy (non-hydrogen) atoms. The fourth-order valence-electron chi connectivity index (χ4n) is 4.94. The normalized spacial score (nSPS) is 15.6. The molecule has 0 bridgehead atoms. The molecule has 0 radical (unpaired) electrons. The van der Waals surface area contributed by atoms with E-state index in [1.165, 1.54) is 41.5 Å². The van der Waals surface area contributed by atoms with E-state index in [1.54, 1.807) is 54.6 Å². The van der Waals surface area contributed by atoms with Gasteiger partial charge >= 0.3 is 6.09 Å². The summed E-state index contributed by atoms with van der Waals surface area (Å²) < 4.78 is 16.4. The van der Waals surface area contributed by atoms with E-state index >= 15 is 0 Å². The van der Waals surface area contributed by atoms with Gasteiger partial charge in [-0.25, -0.2) is 4.79 Å². The number of benzene rings is 3. The van der Waals surface area contributed by atoms with Gasteiger partial charge in [0.15, 0.2) is 5.76 Å². The molecule has 1 saturated heterocycles. The zero-order chi connectivity index (χ0) is 32.9. The average Bonchev–Trinajstić information content (AvgIpc) is 3.86. The van der Waals surface area contributed by atoms with Crippen LogP contribution in [-0.2, 0) is 16.1 Å². The van der Waals surface area contributed by atoms with E-state index in [1.807, 2.05) is 0 Å².